The van der Waals surface area contributed by atoms with Crippen LogP contribution in [0.5, 0.6) is 5.75 Å². The molecule has 4 unspecified atom stereocenters. The highest BCUT2D eigenvalue weighted by Gasteiger charge is 2.55. The van der Waals surface area contributed by atoms with E-state index in [1.807, 2.05) is 24.3 Å². The van der Waals surface area contributed by atoms with Gasteiger partial charge in [-0.15, -0.1) is 0 Å². The Kier molecular flexibility index (Phi) is 7.07. The first-order valence-corrected chi connectivity index (χ1v) is 14.1. The Morgan fingerprint density at radius 2 is 1.80 bits per heavy atom. The molecule has 2 N–H and O–H groups in total. The van der Waals surface area contributed by atoms with E-state index < -0.39 is 0 Å². The summed E-state index contributed by atoms with van der Waals surface area (Å²) in [5, 5.41) is 14.6. The third-order valence-corrected chi connectivity index (χ3v) is 9.40. The van der Waals surface area contributed by atoms with Gasteiger partial charge in [-0.3, -0.25) is 9.59 Å². The van der Waals surface area contributed by atoms with Gasteiger partial charge >= 0.3 is 0 Å². The number of rotatable bonds is 7. The Balaban J connectivity index is 1.17. The Labute approximate surface area is 235 Å². The third-order valence-electron chi connectivity index (χ3n) is 9.40. The molecule has 3 aromatic rings. The van der Waals surface area contributed by atoms with Gasteiger partial charge in [-0.2, -0.15) is 0 Å². The number of nitrogens with zero attached hydrogens (tertiary/aromatic N) is 1. The van der Waals surface area contributed by atoms with Gasteiger partial charge in [-0.25, -0.2) is 0 Å². The summed E-state index contributed by atoms with van der Waals surface area (Å²) in [6.07, 6.45) is 8.60. The maximum absolute atomic E-state index is 13.3. The number of phenols is 1. The Hall–Kier alpha value is -3.74. The van der Waals surface area contributed by atoms with Crippen molar-refractivity contribution in [2.24, 2.45) is 5.92 Å². The van der Waals surface area contributed by atoms with E-state index in [-0.39, 0.29) is 23.2 Å². The van der Waals surface area contributed by atoms with Crippen molar-refractivity contribution >= 4 is 12.2 Å². The van der Waals surface area contributed by atoms with Crippen LogP contribution < -0.4 is 5.32 Å². The number of aromatic hydroxyl groups is 1. The lowest BCUT2D eigenvalue weighted by Crippen LogP contribution is -2.60. The van der Waals surface area contributed by atoms with Crippen LogP contribution >= 0.6 is 0 Å². The SMILES string of the molecule is COC1C=CC2C3Cc4ccc(C(=O)NCCc5ccc(-c6ccc(C=O)cc6)cc5)c(O)c4C2(CCN3C)C1. The molecule has 1 fully saturated rings. The predicted molar refractivity (Wildman–Crippen MR) is 156 cm³/mol. The molecule has 0 aromatic heterocycles. The van der Waals surface area contributed by atoms with Crippen molar-refractivity contribution in [3.8, 4) is 16.9 Å². The number of amides is 1. The molecule has 1 aliphatic heterocycles. The van der Waals surface area contributed by atoms with Crippen molar-refractivity contribution in [2.75, 3.05) is 27.2 Å². The van der Waals surface area contributed by atoms with Gasteiger partial charge in [0.25, 0.3) is 5.91 Å². The van der Waals surface area contributed by atoms with Crippen molar-refractivity contribution in [3.63, 3.8) is 0 Å². The predicted octanol–water partition coefficient (Wildman–Crippen LogP) is 4.93. The molecule has 1 amide bonds. The number of carbonyl (C=O) groups is 2. The van der Waals surface area contributed by atoms with Crippen LogP contribution in [0, 0.1) is 5.92 Å². The van der Waals surface area contributed by atoms with Gasteiger partial charge in [0.05, 0.1) is 11.7 Å². The van der Waals surface area contributed by atoms with Crippen LogP contribution in [0.15, 0.2) is 72.8 Å². The molecule has 0 radical (unpaired) electrons. The molecule has 6 rings (SSSR count). The van der Waals surface area contributed by atoms with Crippen LogP contribution in [-0.2, 0) is 23.0 Å². The van der Waals surface area contributed by atoms with Gasteiger partial charge in [0.2, 0.25) is 0 Å². The highest BCUT2D eigenvalue weighted by atomic mass is 16.5. The molecule has 3 aromatic carbocycles. The van der Waals surface area contributed by atoms with Gasteiger partial charge < -0.3 is 20.1 Å². The number of phenolic OH excluding ortho intramolecular Hbond substituents is 1. The molecule has 206 valence electrons. The standard InChI is InChI=1S/C34H36N2O4/c1-36-18-16-34-20-27(40-2)12-14-29(34)30(36)19-26-11-13-28(32(38)31(26)34)33(39)35-17-15-22-3-7-24(8-4-22)25-9-5-23(21-37)6-10-25/h3-14,21,27,29-30,38H,15-20H2,1-2H3,(H,35,39). The van der Waals surface area contributed by atoms with E-state index in [1.54, 1.807) is 13.2 Å². The summed E-state index contributed by atoms with van der Waals surface area (Å²) in [5.74, 6) is 0.184. The van der Waals surface area contributed by atoms with Crippen LogP contribution in [-0.4, -0.2) is 61.6 Å². The average Bonchev–Trinajstić information content (AvgIpc) is 2.99. The zero-order valence-electron chi connectivity index (χ0n) is 23.1. The normalized spacial score (nSPS) is 25.1. The minimum atomic E-state index is -0.246. The molecule has 40 heavy (non-hydrogen) atoms. The summed E-state index contributed by atoms with van der Waals surface area (Å²) in [7, 11) is 3.93. The first kappa shape index (κ1) is 26.5. The van der Waals surface area contributed by atoms with Crippen molar-refractivity contribution in [1.82, 2.24) is 10.2 Å². The van der Waals surface area contributed by atoms with Crippen LogP contribution in [0.3, 0.4) is 0 Å². The highest BCUT2D eigenvalue weighted by Crippen LogP contribution is 2.56. The second-order valence-corrected chi connectivity index (χ2v) is 11.5. The van der Waals surface area contributed by atoms with Crippen LogP contribution in [0.25, 0.3) is 11.1 Å². The molecular weight excluding hydrogens is 500 g/mol. The number of hydrogen-bond donors (Lipinski definition) is 2. The van der Waals surface area contributed by atoms with Gasteiger partial charge in [-0.05, 0) is 67.6 Å². The lowest BCUT2D eigenvalue weighted by Gasteiger charge is -2.57. The van der Waals surface area contributed by atoms with E-state index in [1.165, 1.54) is 0 Å². The van der Waals surface area contributed by atoms with Gasteiger partial charge in [0.15, 0.2) is 0 Å². The molecule has 6 nitrogen and oxygen atoms in total. The van der Waals surface area contributed by atoms with Gasteiger partial charge in [0.1, 0.15) is 12.0 Å². The van der Waals surface area contributed by atoms with E-state index in [0.29, 0.717) is 36.1 Å². The fraction of sp³-hybridized carbons (Fsp3) is 0.353. The third kappa shape index (κ3) is 4.55. The van der Waals surface area contributed by atoms with Gasteiger partial charge in [-0.1, -0.05) is 66.7 Å². The minimum absolute atomic E-state index is 0.00485. The summed E-state index contributed by atoms with van der Waals surface area (Å²) in [4.78, 5) is 26.6. The molecule has 1 saturated heterocycles. The molecule has 2 aliphatic carbocycles. The second kappa shape index (κ2) is 10.7. The van der Waals surface area contributed by atoms with E-state index >= 15 is 0 Å². The van der Waals surface area contributed by atoms with Crippen LogP contribution in [0.4, 0.5) is 0 Å². The molecule has 1 heterocycles. The molecule has 0 saturated carbocycles. The minimum Gasteiger partial charge on any atom is -0.507 e. The number of ether oxygens (including phenoxy) is 1. The number of piperidine rings is 1. The first-order valence-electron chi connectivity index (χ1n) is 14.1. The van der Waals surface area contributed by atoms with Crippen LogP contribution in [0.2, 0.25) is 0 Å². The number of methoxy groups -OCH3 is 1. The van der Waals surface area contributed by atoms with Crippen LogP contribution in [0.1, 0.15) is 50.2 Å². The van der Waals surface area contributed by atoms with Gasteiger partial charge in [0, 0.05) is 42.2 Å². The largest absolute Gasteiger partial charge is 0.507 e. The van der Waals surface area contributed by atoms with Crippen molar-refractivity contribution < 1.29 is 19.4 Å². The quantitative estimate of drug-likeness (QED) is 0.331. The van der Waals surface area contributed by atoms with E-state index in [4.69, 9.17) is 4.74 Å². The Bertz CT molecular complexity index is 1450. The number of carbonyl (C=O) groups excluding carboxylic acids is 2. The zero-order valence-corrected chi connectivity index (χ0v) is 23.1. The molecule has 4 atom stereocenters. The highest BCUT2D eigenvalue weighted by molar-refractivity contribution is 5.97. The van der Waals surface area contributed by atoms with E-state index in [2.05, 4.69) is 59.7 Å². The lowest BCUT2D eigenvalue weighted by atomic mass is 9.53. The lowest BCUT2D eigenvalue weighted by molar-refractivity contribution is 0.00776. The molecule has 3 aliphatic rings. The molecule has 2 bridgehead atoms. The van der Waals surface area contributed by atoms with E-state index in [0.717, 1.165) is 59.9 Å². The summed E-state index contributed by atoms with van der Waals surface area (Å²) in [5.41, 5.74) is 6.12. The van der Waals surface area contributed by atoms with Crippen molar-refractivity contribution in [2.45, 2.75) is 43.2 Å². The zero-order chi connectivity index (χ0) is 27.9. The summed E-state index contributed by atoms with van der Waals surface area (Å²) < 4.78 is 5.75. The maximum atomic E-state index is 13.3. The number of likely N-dealkylation sites (tertiary alicyclic amines) is 1. The number of fused-ring (bicyclic) bond motifs is 1. The topological polar surface area (TPSA) is 78.9 Å². The number of aldehydes is 1. The average molecular weight is 537 g/mol. The summed E-state index contributed by atoms with van der Waals surface area (Å²) in [6.45, 7) is 1.43. The number of benzene rings is 3. The van der Waals surface area contributed by atoms with Crippen molar-refractivity contribution in [1.29, 1.82) is 0 Å². The fourth-order valence-electron chi connectivity index (χ4n) is 7.21. The van der Waals surface area contributed by atoms with E-state index in [9.17, 15) is 14.7 Å². The summed E-state index contributed by atoms with van der Waals surface area (Å²) in [6, 6.07) is 20.0. The monoisotopic (exact) mass is 536 g/mol. The number of nitrogens with one attached hydrogen (secondary N) is 1. The second-order valence-electron chi connectivity index (χ2n) is 11.5. The molecule has 0 spiro atoms. The first-order chi connectivity index (χ1) is 19.4. The smallest absolute Gasteiger partial charge is 0.255 e. The number of likely N-dealkylation sites (N-methyl/N-ethyl adjacent to an activating group) is 1. The Morgan fingerprint density at radius 1 is 1.07 bits per heavy atom. The maximum Gasteiger partial charge on any atom is 0.255 e. The summed E-state index contributed by atoms with van der Waals surface area (Å²) >= 11 is 0. The fourth-order valence-corrected chi connectivity index (χ4v) is 7.21. The Morgan fingerprint density at radius 3 is 2.50 bits per heavy atom. The number of hydrogen-bond acceptors (Lipinski definition) is 5. The van der Waals surface area contributed by atoms with Crippen molar-refractivity contribution in [3.05, 3.63) is 101 Å². The molecule has 6 heteroatoms. The molecular formula is C34H36N2O4.